The van der Waals surface area contributed by atoms with Gasteiger partial charge in [-0.25, -0.2) is 4.79 Å². The summed E-state index contributed by atoms with van der Waals surface area (Å²) in [6, 6.07) is 0. The molecular formula is C9H15NO4. The van der Waals surface area contributed by atoms with Crippen LogP contribution in [0.4, 0.5) is 0 Å². The maximum absolute atomic E-state index is 11.0. The van der Waals surface area contributed by atoms with Crippen LogP contribution in [0.3, 0.4) is 0 Å². The van der Waals surface area contributed by atoms with Crippen LogP contribution in [-0.4, -0.2) is 30.2 Å². The fraction of sp³-hybridized carbons (Fsp3) is 0.556. The van der Waals surface area contributed by atoms with Gasteiger partial charge < -0.3 is 15.6 Å². The molecule has 0 aliphatic rings. The van der Waals surface area contributed by atoms with E-state index in [9.17, 15) is 9.59 Å². The molecule has 0 bridgehead atoms. The van der Waals surface area contributed by atoms with Crippen LogP contribution >= 0.6 is 0 Å². The van der Waals surface area contributed by atoms with Crippen molar-refractivity contribution in [2.45, 2.75) is 13.8 Å². The van der Waals surface area contributed by atoms with Crippen LogP contribution in [0.1, 0.15) is 13.8 Å². The molecule has 0 saturated carbocycles. The molecule has 3 N–H and O–H groups in total. The van der Waals surface area contributed by atoms with Gasteiger partial charge >= 0.3 is 5.97 Å². The normalized spacial score (nSPS) is 10.8. The van der Waals surface area contributed by atoms with Crippen LogP contribution in [0.2, 0.25) is 0 Å². The van der Waals surface area contributed by atoms with E-state index in [2.05, 4.69) is 6.58 Å². The molecule has 0 atom stereocenters. The van der Waals surface area contributed by atoms with Crippen molar-refractivity contribution in [1.82, 2.24) is 0 Å². The minimum atomic E-state index is -0.906. The van der Waals surface area contributed by atoms with E-state index in [-0.39, 0.29) is 13.2 Å². The van der Waals surface area contributed by atoms with Crippen molar-refractivity contribution in [3.8, 4) is 0 Å². The highest BCUT2D eigenvalue weighted by molar-refractivity contribution is 6.15. The first-order valence-electron chi connectivity index (χ1n) is 4.07. The van der Waals surface area contributed by atoms with Crippen molar-refractivity contribution in [3.63, 3.8) is 0 Å². The smallest absolute Gasteiger partial charge is 0.343 e. The lowest BCUT2D eigenvalue weighted by Crippen LogP contribution is -2.28. The molecule has 0 saturated heterocycles. The van der Waals surface area contributed by atoms with E-state index >= 15 is 0 Å². The number of aliphatic hydroxyl groups is 1. The second kappa shape index (κ2) is 4.76. The third-order valence-corrected chi connectivity index (χ3v) is 1.57. The molecule has 0 spiro atoms. The Morgan fingerprint density at radius 3 is 2.36 bits per heavy atom. The summed E-state index contributed by atoms with van der Waals surface area (Å²) in [6.07, 6.45) is 0. The Bertz CT molecular complexity index is 258. The first kappa shape index (κ1) is 12.6. The van der Waals surface area contributed by atoms with Gasteiger partial charge in [0.05, 0.1) is 13.2 Å². The van der Waals surface area contributed by atoms with Gasteiger partial charge in [0.2, 0.25) is 0 Å². The molecule has 0 rings (SSSR count). The van der Waals surface area contributed by atoms with E-state index in [1.807, 2.05) is 0 Å². The summed E-state index contributed by atoms with van der Waals surface area (Å²) in [5, 5.41) is 8.85. The minimum Gasteiger partial charge on any atom is -0.461 e. The maximum atomic E-state index is 11.0. The number of esters is 1. The van der Waals surface area contributed by atoms with Crippen LogP contribution in [-0.2, 0) is 14.3 Å². The van der Waals surface area contributed by atoms with Gasteiger partial charge in [0.15, 0.2) is 0 Å². The summed E-state index contributed by atoms with van der Waals surface area (Å²) >= 11 is 0. The van der Waals surface area contributed by atoms with Crippen LogP contribution < -0.4 is 5.73 Å². The average Bonchev–Trinajstić information content (AvgIpc) is 2.13. The van der Waals surface area contributed by atoms with Crippen LogP contribution in [0.15, 0.2) is 12.2 Å². The summed E-state index contributed by atoms with van der Waals surface area (Å²) in [5.74, 6) is -1.75. The molecule has 0 fully saturated rings. The molecule has 0 radical (unpaired) electrons. The molecule has 0 aliphatic carbocycles. The number of aliphatic hydroxyl groups excluding tert-OH is 1. The van der Waals surface area contributed by atoms with Crippen molar-refractivity contribution in [3.05, 3.63) is 12.2 Å². The van der Waals surface area contributed by atoms with Crippen molar-refractivity contribution < 1.29 is 19.4 Å². The van der Waals surface area contributed by atoms with Gasteiger partial charge in [0.25, 0.3) is 5.91 Å². The zero-order valence-electron chi connectivity index (χ0n) is 8.37. The van der Waals surface area contributed by atoms with Crippen LogP contribution in [0, 0.1) is 5.41 Å². The lowest BCUT2D eigenvalue weighted by Gasteiger charge is -2.20. The van der Waals surface area contributed by atoms with E-state index in [0.29, 0.717) is 0 Å². The number of hydrogen-bond donors (Lipinski definition) is 2. The lowest BCUT2D eigenvalue weighted by molar-refractivity contribution is -0.143. The first-order chi connectivity index (χ1) is 6.30. The van der Waals surface area contributed by atoms with Crippen molar-refractivity contribution in [1.29, 1.82) is 0 Å². The number of ether oxygens (including phenoxy) is 1. The molecule has 0 aromatic rings. The predicted octanol–water partition coefficient (Wildman–Crippen LogP) is -0.410. The number of carbonyl (C=O) groups is 2. The Balaban J connectivity index is 4.10. The summed E-state index contributed by atoms with van der Waals surface area (Å²) in [6.45, 7) is 6.49. The second-order valence-corrected chi connectivity index (χ2v) is 3.74. The summed E-state index contributed by atoms with van der Waals surface area (Å²) in [7, 11) is 0. The lowest BCUT2D eigenvalue weighted by atomic mass is 9.96. The highest BCUT2D eigenvalue weighted by Crippen LogP contribution is 2.14. The standard InChI is InChI=1S/C9H15NO4/c1-6(7(10)12)8(13)14-5-9(2,3)4-11/h11H,1,4-5H2,2-3H3,(H2,10,12). The Labute approximate surface area is 82.5 Å². The van der Waals surface area contributed by atoms with Gasteiger partial charge in [-0.15, -0.1) is 0 Å². The SMILES string of the molecule is C=C(C(N)=O)C(=O)OCC(C)(C)CO. The highest BCUT2D eigenvalue weighted by atomic mass is 16.5. The third-order valence-electron chi connectivity index (χ3n) is 1.57. The predicted molar refractivity (Wildman–Crippen MR) is 50.2 cm³/mol. The van der Waals surface area contributed by atoms with E-state index < -0.39 is 22.9 Å². The Morgan fingerprint density at radius 2 is 2.00 bits per heavy atom. The fourth-order valence-corrected chi connectivity index (χ4v) is 0.494. The molecule has 5 heteroatoms. The monoisotopic (exact) mass is 201 g/mol. The summed E-state index contributed by atoms with van der Waals surface area (Å²) in [5.41, 5.74) is 3.90. The molecule has 0 aliphatic heterocycles. The summed E-state index contributed by atoms with van der Waals surface area (Å²) in [4.78, 5) is 21.6. The molecule has 14 heavy (non-hydrogen) atoms. The summed E-state index contributed by atoms with van der Waals surface area (Å²) < 4.78 is 4.72. The second-order valence-electron chi connectivity index (χ2n) is 3.74. The van der Waals surface area contributed by atoms with Gasteiger partial charge in [0, 0.05) is 5.41 Å². The van der Waals surface area contributed by atoms with E-state index in [4.69, 9.17) is 15.6 Å². The van der Waals surface area contributed by atoms with Crippen molar-refractivity contribution in [2.24, 2.45) is 11.1 Å². The van der Waals surface area contributed by atoms with Gasteiger partial charge in [-0.1, -0.05) is 20.4 Å². The average molecular weight is 201 g/mol. The molecule has 0 aromatic heterocycles. The van der Waals surface area contributed by atoms with Crippen LogP contribution in [0.25, 0.3) is 0 Å². The number of primary amides is 1. The maximum Gasteiger partial charge on any atom is 0.343 e. The minimum absolute atomic E-state index is 0.00856. The first-order valence-corrected chi connectivity index (χ1v) is 4.07. The van der Waals surface area contributed by atoms with Gasteiger partial charge in [-0.3, -0.25) is 4.79 Å². The zero-order valence-corrected chi connectivity index (χ0v) is 8.37. The van der Waals surface area contributed by atoms with Crippen LogP contribution in [0.5, 0.6) is 0 Å². The Morgan fingerprint density at radius 1 is 1.50 bits per heavy atom. The number of carbonyl (C=O) groups excluding carboxylic acids is 2. The van der Waals surface area contributed by atoms with Crippen molar-refractivity contribution >= 4 is 11.9 Å². The number of nitrogens with two attached hydrogens (primary N) is 1. The molecule has 1 amide bonds. The number of amides is 1. The molecule has 0 heterocycles. The van der Waals surface area contributed by atoms with Gasteiger partial charge in [-0.05, 0) is 0 Å². The fourth-order valence-electron chi connectivity index (χ4n) is 0.494. The van der Waals surface area contributed by atoms with Gasteiger partial charge in [-0.2, -0.15) is 0 Å². The Kier molecular flexibility index (Phi) is 4.30. The quantitative estimate of drug-likeness (QED) is 0.274. The Hall–Kier alpha value is -1.36. The molecular weight excluding hydrogens is 186 g/mol. The van der Waals surface area contributed by atoms with E-state index in [0.717, 1.165) is 0 Å². The largest absolute Gasteiger partial charge is 0.461 e. The number of hydrogen-bond acceptors (Lipinski definition) is 4. The number of rotatable bonds is 5. The highest BCUT2D eigenvalue weighted by Gasteiger charge is 2.21. The van der Waals surface area contributed by atoms with E-state index in [1.165, 1.54) is 0 Å². The molecule has 0 aromatic carbocycles. The zero-order chi connectivity index (χ0) is 11.4. The topological polar surface area (TPSA) is 89.6 Å². The third kappa shape index (κ3) is 4.04. The molecule has 5 nitrogen and oxygen atoms in total. The molecule has 80 valence electrons. The van der Waals surface area contributed by atoms with E-state index in [1.54, 1.807) is 13.8 Å². The van der Waals surface area contributed by atoms with Gasteiger partial charge in [0.1, 0.15) is 5.57 Å². The van der Waals surface area contributed by atoms with Crippen molar-refractivity contribution in [2.75, 3.05) is 13.2 Å². The molecule has 0 unspecified atom stereocenters.